The highest BCUT2D eigenvalue weighted by molar-refractivity contribution is 5.96. The zero-order valence-electron chi connectivity index (χ0n) is 11.5. The summed E-state index contributed by atoms with van der Waals surface area (Å²) in [5.41, 5.74) is 7.61. The SMILES string of the molecule is Cc1ccc2cc(N(C)C(=O)CCCN)ccc2c1. The number of nitrogens with zero attached hydrogens (tertiary/aromatic N) is 1. The summed E-state index contributed by atoms with van der Waals surface area (Å²) in [7, 11) is 1.81. The van der Waals surface area contributed by atoms with Crippen LogP contribution in [0.1, 0.15) is 18.4 Å². The Labute approximate surface area is 114 Å². The van der Waals surface area contributed by atoms with Gasteiger partial charge in [-0.25, -0.2) is 0 Å². The molecule has 3 nitrogen and oxygen atoms in total. The van der Waals surface area contributed by atoms with Crippen molar-refractivity contribution in [2.75, 3.05) is 18.5 Å². The van der Waals surface area contributed by atoms with E-state index in [1.807, 2.05) is 13.1 Å². The Morgan fingerprint density at radius 1 is 1.16 bits per heavy atom. The summed E-state index contributed by atoms with van der Waals surface area (Å²) in [5.74, 6) is 0.108. The lowest BCUT2D eigenvalue weighted by molar-refractivity contribution is -0.118. The number of nitrogens with two attached hydrogens (primary N) is 1. The molecule has 2 rings (SSSR count). The van der Waals surface area contributed by atoms with Gasteiger partial charge in [-0.2, -0.15) is 0 Å². The highest BCUT2D eigenvalue weighted by atomic mass is 16.2. The van der Waals surface area contributed by atoms with Gasteiger partial charge in [-0.15, -0.1) is 0 Å². The predicted molar refractivity (Wildman–Crippen MR) is 80.4 cm³/mol. The minimum atomic E-state index is 0.108. The van der Waals surface area contributed by atoms with E-state index in [4.69, 9.17) is 5.73 Å². The average molecular weight is 256 g/mol. The first-order valence-corrected chi connectivity index (χ1v) is 6.59. The topological polar surface area (TPSA) is 46.3 Å². The number of hydrogen-bond acceptors (Lipinski definition) is 2. The second-order valence-electron chi connectivity index (χ2n) is 4.88. The Hall–Kier alpha value is -1.87. The minimum Gasteiger partial charge on any atom is -0.330 e. The maximum atomic E-state index is 12.0. The smallest absolute Gasteiger partial charge is 0.226 e. The average Bonchev–Trinajstić information content (AvgIpc) is 2.43. The standard InChI is InChI=1S/C16H20N2O/c1-12-5-6-14-11-15(8-7-13(14)10-12)18(2)16(19)4-3-9-17/h5-8,10-11H,3-4,9,17H2,1-2H3. The fourth-order valence-electron chi connectivity index (χ4n) is 2.13. The quantitative estimate of drug-likeness (QED) is 0.914. The zero-order valence-corrected chi connectivity index (χ0v) is 11.5. The molecule has 0 radical (unpaired) electrons. The van der Waals surface area contributed by atoms with E-state index < -0.39 is 0 Å². The molecule has 0 saturated heterocycles. The number of anilines is 1. The van der Waals surface area contributed by atoms with Crippen LogP contribution >= 0.6 is 0 Å². The highest BCUT2D eigenvalue weighted by Crippen LogP contribution is 2.23. The molecular weight excluding hydrogens is 236 g/mol. The van der Waals surface area contributed by atoms with Gasteiger partial charge in [0.1, 0.15) is 0 Å². The van der Waals surface area contributed by atoms with E-state index >= 15 is 0 Å². The van der Waals surface area contributed by atoms with Crippen LogP contribution in [0.15, 0.2) is 36.4 Å². The van der Waals surface area contributed by atoms with E-state index in [0.29, 0.717) is 13.0 Å². The van der Waals surface area contributed by atoms with Crippen LogP contribution in [0.25, 0.3) is 10.8 Å². The first-order chi connectivity index (χ1) is 9.11. The summed E-state index contributed by atoms with van der Waals surface area (Å²) in [6.45, 7) is 2.63. The van der Waals surface area contributed by atoms with Crippen LogP contribution in [-0.2, 0) is 4.79 Å². The summed E-state index contributed by atoms with van der Waals surface area (Å²) in [6.07, 6.45) is 1.23. The molecule has 0 aliphatic heterocycles. The molecule has 0 atom stereocenters. The van der Waals surface area contributed by atoms with Crippen molar-refractivity contribution in [1.82, 2.24) is 0 Å². The molecule has 2 aromatic carbocycles. The van der Waals surface area contributed by atoms with E-state index in [0.717, 1.165) is 17.5 Å². The minimum absolute atomic E-state index is 0.108. The van der Waals surface area contributed by atoms with Crippen LogP contribution in [0.3, 0.4) is 0 Å². The van der Waals surface area contributed by atoms with Crippen molar-refractivity contribution in [2.24, 2.45) is 5.73 Å². The molecule has 0 aliphatic carbocycles. The zero-order chi connectivity index (χ0) is 13.8. The molecule has 0 spiro atoms. The number of aryl methyl sites for hydroxylation is 1. The maximum absolute atomic E-state index is 12.0. The van der Waals surface area contributed by atoms with Crippen molar-refractivity contribution < 1.29 is 4.79 Å². The number of carbonyl (C=O) groups is 1. The van der Waals surface area contributed by atoms with Gasteiger partial charge in [0.25, 0.3) is 0 Å². The van der Waals surface area contributed by atoms with Gasteiger partial charge in [0.15, 0.2) is 0 Å². The lowest BCUT2D eigenvalue weighted by atomic mass is 10.1. The Kier molecular flexibility index (Phi) is 4.17. The van der Waals surface area contributed by atoms with Gasteiger partial charge in [0.05, 0.1) is 0 Å². The number of carbonyl (C=O) groups excluding carboxylic acids is 1. The summed E-state index contributed by atoms with van der Waals surface area (Å²) in [4.78, 5) is 13.7. The lowest BCUT2D eigenvalue weighted by Crippen LogP contribution is -2.26. The van der Waals surface area contributed by atoms with Gasteiger partial charge in [-0.1, -0.05) is 29.8 Å². The molecule has 1 amide bonds. The molecule has 2 aromatic rings. The number of benzene rings is 2. The largest absolute Gasteiger partial charge is 0.330 e. The van der Waals surface area contributed by atoms with Crippen LogP contribution in [0.2, 0.25) is 0 Å². The molecule has 3 heteroatoms. The Morgan fingerprint density at radius 2 is 1.84 bits per heavy atom. The van der Waals surface area contributed by atoms with Crippen molar-refractivity contribution in [3.63, 3.8) is 0 Å². The van der Waals surface area contributed by atoms with Crippen molar-refractivity contribution in [2.45, 2.75) is 19.8 Å². The third kappa shape index (κ3) is 3.12. The van der Waals surface area contributed by atoms with E-state index in [1.165, 1.54) is 10.9 Å². The van der Waals surface area contributed by atoms with Gasteiger partial charge in [0, 0.05) is 19.2 Å². The molecule has 0 saturated carbocycles. The third-order valence-corrected chi connectivity index (χ3v) is 3.34. The molecule has 19 heavy (non-hydrogen) atoms. The molecule has 0 aliphatic rings. The molecule has 0 aromatic heterocycles. The van der Waals surface area contributed by atoms with Crippen LogP contribution < -0.4 is 10.6 Å². The van der Waals surface area contributed by atoms with Gasteiger partial charge in [-0.05, 0) is 42.8 Å². The molecule has 0 bridgehead atoms. The van der Waals surface area contributed by atoms with Gasteiger partial charge >= 0.3 is 0 Å². The maximum Gasteiger partial charge on any atom is 0.226 e. The fraction of sp³-hybridized carbons (Fsp3) is 0.312. The van der Waals surface area contributed by atoms with Gasteiger partial charge < -0.3 is 10.6 Å². The monoisotopic (exact) mass is 256 g/mol. The Balaban J connectivity index is 2.25. The molecule has 0 heterocycles. The van der Waals surface area contributed by atoms with Crippen molar-refractivity contribution in [3.05, 3.63) is 42.0 Å². The van der Waals surface area contributed by atoms with Crippen LogP contribution in [0.4, 0.5) is 5.69 Å². The summed E-state index contributed by atoms with van der Waals surface area (Å²) >= 11 is 0. The van der Waals surface area contributed by atoms with Crippen molar-refractivity contribution >= 4 is 22.4 Å². The number of rotatable bonds is 4. The van der Waals surface area contributed by atoms with E-state index in [-0.39, 0.29) is 5.91 Å². The Morgan fingerprint density at radius 3 is 2.58 bits per heavy atom. The summed E-state index contributed by atoms with van der Waals surface area (Å²) in [5, 5.41) is 2.35. The van der Waals surface area contributed by atoms with Crippen molar-refractivity contribution in [3.8, 4) is 0 Å². The molecule has 0 fully saturated rings. The van der Waals surface area contributed by atoms with Crippen molar-refractivity contribution in [1.29, 1.82) is 0 Å². The lowest BCUT2D eigenvalue weighted by Gasteiger charge is -2.18. The fourth-order valence-corrected chi connectivity index (χ4v) is 2.13. The predicted octanol–water partition coefficient (Wildman–Crippen LogP) is 2.85. The summed E-state index contributed by atoms with van der Waals surface area (Å²) < 4.78 is 0. The summed E-state index contributed by atoms with van der Waals surface area (Å²) in [6, 6.07) is 12.4. The van der Waals surface area contributed by atoms with E-state index in [9.17, 15) is 4.79 Å². The molecule has 2 N–H and O–H groups in total. The normalized spacial score (nSPS) is 10.7. The Bertz CT molecular complexity index is 592. The molecule has 0 unspecified atom stereocenters. The first kappa shape index (κ1) is 13.6. The number of hydrogen-bond donors (Lipinski definition) is 1. The number of fused-ring (bicyclic) bond motifs is 1. The second-order valence-corrected chi connectivity index (χ2v) is 4.88. The van der Waals surface area contributed by atoms with Crippen LogP contribution in [-0.4, -0.2) is 19.5 Å². The molecular formula is C16H20N2O. The highest BCUT2D eigenvalue weighted by Gasteiger charge is 2.10. The second kappa shape index (κ2) is 5.85. The van der Waals surface area contributed by atoms with E-state index in [1.54, 1.807) is 4.90 Å². The third-order valence-electron chi connectivity index (χ3n) is 3.34. The van der Waals surface area contributed by atoms with Crippen LogP contribution in [0.5, 0.6) is 0 Å². The van der Waals surface area contributed by atoms with Gasteiger partial charge in [-0.3, -0.25) is 4.79 Å². The van der Waals surface area contributed by atoms with Crippen LogP contribution in [0, 0.1) is 6.92 Å². The molecule has 100 valence electrons. The first-order valence-electron chi connectivity index (χ1n) is 6.59. The van der Waals surface area contributed by atoms with E-state index in [2.05, 4.69) is 37.3 Å². The number of amides is 1. The van der Waals surface area contributed by atoms with Gasteiger partial charge in [0.2, 0.25) is 5.91 Å².